The topological polar surface area (TPSA) is 98.1 Å². The van der Waals surface area contributed by atoms with Crippen molar-refractivity contribution in [2.75, 3.05) is 17.2 Å². The molecule has 2 rings (SSSR count). The van der Waals surface area contributed by atoms with Gasteiger partial charge in [-0.25, -0.2) is 4.98 Å². The molecule has 0 radical (unpaired) electrons. The minimum atomic E-state index is -0.550. The molecule has 0 saturated heterocycles. The zero-order chi connectivity index (χ0) is 14.5. The van der Waals surface area contributed by atoms with E-state index in [2.05, 4.69) is 9.97 Å². The van der Waals surface area contributed by atoms with Gasteiger partial charge in [-0.1, -0.05) is 0 Å². The number of nitrogens with zero attached hydrogens (tertiary/aromatic N) is 3. The predicted octanol–water partition coefficient (Wildman–Crippen LogP) is 1.18. The van der Waals surface area contributed by atoms with E-state index in [1.165, 1.54) is 6.20 Å². The van der Waals surface area contributed by atoms with Crippen LogP contribution in [0.2, 0.25) is 0 Å². The van der Waals surface area contributed by atoms with Gasteiger partial charge in [0, 0.05) is 25.5 Å². The highest BCUT2D eigenvalue weighted by atomic mass is 16.1. The first-order chi connectivity index (χ1) is 9.61. The van der Waals surface area contributed by atoms with Gasteiger partial charge in [-0.05, 0) is 30.7 Å². The molecular formula is C14H17N5O. The van der Waals surface area contributed by atoms with E-state index < -0.39 is 5.91 Å². The van der Waals surface area contributed by atoms with Gasteiger partial charge in [0.25, 0.3) is 5.91 Å². The average molecular weight is 271 g/mol. The second kappa shape index (κ2) is 6.01. The molecule has 2 aromatic rings. The Kier molecular flexibility index (Phi) is 4.14. The lowest BCUT2D eigenvalue weighted by molar-refractivity contribution is 0.100. The summed E-state index contributed by atoms with van der Waals surface area (Å²) in [6.07, 6.45) is 4.95. The van der Waals surface area contributed by atoms with Crippen molar-refractivity contribution in [2.45, 2.75) is 13.5 Å². The number of hydrogen-bond donors (Lipinski definition) is 2. The molecule has 20 heavy (non-hydrogen) atoms. The lowest BCUT2D eigenvalue weighted by atomic mass is 10.2. The highest BCUT2D eigenvalue weighted by Gasteiger charge is 2.12. The number of anilines is 2. The van der Waals surface area contributed by atoms with Crippen molar-refractivity contribution in [2.24, 2.45) is 5.73 Å². The number of rotatable bonds is 5. The number of carbonyl (C=O) groups is 1. The van der Waals surface area contributed by atoms with Gasteiger partial charge in [0.15, 0.2) is 0 Å². The van der Waals surface area contributed by atoms with Gasteiger partial charge in [-0.2, -0.15) is 0 Å². The number of nitrogens with two attached hydrogens (primary N) is 2. The van der Waals surface area contributed by atoms with Crippen LogP contribution >= 0.6 is 0 Å². The van der Waals surface area contributed by atoms with Crippen molar-refractivity contribution in [3.8, 4) is 0 Å². The lowest BCUT2D eigenvalue weighted by Gasteiger charge is -2.22. The number of aromatic nitrogens is 2. The van der Waals surface area contributed by atoms with Gasteiger partial charge in [-0.3, -0.25) is 9.78 Å². The van der Waals surface area contributed by atoms with E-state index >= 15 is 0 Å². The number of hydrogen-bond acceptors (Lipinski definition) is 5. The molecule has 2 heterocycles. The number of nitrogen functional groups attached to an aromatic ring is 1. The molecule has 0 aliphatic heterocycles. The highest BCUT2D eigenvalue weighted by Crippen LogP contribution is 2.19. The Morgan fingerprint density at radius 2 is 2.05 bits per heavy atom. The number of carbonyl (C=O) groups excluding carboxylic acids is 1. The molecule has 0 bridgehead atoms. The SMILES string of the molecule is CCN(Cc1ccncc1)c1cc(C(N)=O)c(N)cn1. The fraction of sp³-hybridized carbons (Fsp3) is 0.214. The van der Waals surface area contributed by atoms with Crippen LogP contribution < -0.4 is 16.4 Å². The molecule has 6 heteroatoms. The molecule has 0 atom stereocenters. The summed E-state index contributed by atoms with van der Waals surface area (Å²) in [4.78, 5) is 21.6. The molecular weight excluding hydrogens is 254 g/mol. The normalized spacial score (nSPS) is 10.2. The molecule has 0 fully saturated rings. The van der Waals surface area contributed by atoms with Crippen molar-refractivity contribution in [3.63, 3.8) is 0 Å². The fourth-order valence-corrected chi connectivity index (χ4v) is 1.90. The first-order valence-corrected chi connectivity index (χ1v) is 6.31. The second-order valence-corrected chi connectivity index (χ2v) is 4.36. The second-order valence-electron chi connectivity index (χ2n) is 4.36. The van der Waals surface area contributed by atoms with Crippen molar-refractivity contribution in [1.29, 1.82) is 0 Å². The van der Waals surface area contributed by atoms with E-state index in [0.717, 1.165) is 12.1 Å². The third kappa shape index (κ3) is 3.03. The smallest absolute Gasteiger partial charge is 0.250 e. The van der Waals surface area contributed by atoms with Gasteiger partial charge >= 0.3 is 0 Å². The first kappa shape index (κ1) is 13.8. The molecule has 1 amide bonds. The summed E-state index contributed by atoms with van der Waals surface area (Å²) >= 11 is 0. The average Bonchev–Trinajstić information content (AvgIpc) is 2.46. The van der Waals surface area contributed by atoms with Crippen LogP contribution in [0.3, 0.4) is 0 Å². The van der Waals surface area contributed by atoms with Crippen LogP contribution in [0.1, 0.15) is 22.8 Å². The monoisotopic (exact) mass is 271 g/mol. The van der Waals surface area contributed by atoms with Crippen LogP contribution in [0.4, 0.5) is 11.5 Å². The summed E-state index contributed by atoms with van der Waals surface area (Å²) in [6.45, 7) is 3.44. The summed E-state index contributed by atoms with van der Waals surface area (Å²) in [5, 5.41) is 0. The molecule has 0 aliphatic rings. The molecule has 6 nitrogen and oxygen atoms in total. The van der Waals surface area contributed by atoms with Crippen LogP contribution in [0.5, 0.6) is 0 Å². The Bertz CT molecular complexity index is 600. The van der Waals surface area contributed by atoms with Crippen LogP contribution in [0.15, 0.2) is 36.8 Å². The lowest BCUT2D eigenvalue weighted by Crippen LogP contribution is -2.24. The number of pyridine rings is 2. The summed E-state index contributed by atoms with van der Waals surface area (Å²) in [7, 11) is 0. The molecule has 104 valence electrons. The first-order valence-electron chi connectivity index (χ1n) is 6.31. The standard InChI is InChI=1S/C14H17N5O/c1-2-19(9-10-3-5-17-6-4-10)13-7-11(14(16)20)12(15)8-18-13/h3-8H,2,9,15H2,1H3,(H2,16,20). The van der Waals surface area contributed by atoms with Gasteiger partial charge in [0.1, 0.15) is 5.82 Å². The highest BCUT2D eigenvalue weighted by molar-refractivity contribution is 5.98. The van der Waals surface area contributed by atoms with E-state index in [1.807, 2.05) is 24.0 Å². The molecule has 0 spiro atoms. The molecule has 0 aromatic carbocycles. The van der Waals surface area contributed by atoms with E-state index in [9.17, 15) is 4.79 Å². The van der Waals surface area contributed by atoms with Crippen molar-refractivity contribution >= 4 is 17.4 Å². The van der Waals surface area contributed by atoms with Crippen LogP contribution in [-0.4, -0.2) is 22.4 Å². The maximum Gasteiger partial charge on any atom is 0.250 e. The number of primary amides is 1. The molecule has 0 unspecified atom stereocenters. The maximum atomic E-state index is 11.3. The van der Waals surface area contributed by atoms with E-state index in [0.29, 0.717) is 23.6 Å². The van der Waals surface area contributed by atoms with Gasteiger partial charge in [0.05, 0.1) is 17.4 Å². The van der Waals surface area contributed by atoms with E-state index in [1.54, 1.807) is 18.5 Å². The fourth-order valence-electron chi connectivity index (χ4n) is 1.90. The third-order valence-electron chi connectivity index (χ3n) is 3.01. The molecule has 0 saturated carbocycles. The molecule has 0 aliphatic carbocycles. The zero-order valence-corrected chi connectivity index (χ0v) is 11.3. The Balaban J connectivity index is 2.28. The van der Waals surface area contributed by atoms with Gasteiger partial charge in [-0.15, -0.1) is 0 Å². The van der Waals surface area contributed by atoms with E-state index in [-0.39, 0.29) is 0 Å². The Labute approximate surface area is 117 Å². The summed E-state index contributed by atoms with van der Waals surface area (Å²) in [5.74, 6) is 0.124. The Morgan fingerprint density at radius 1 is 1.35 bits per heavy atom. The summed E-state index contributed by atoms with van der Waals surface area (Å²) in [6, 6.07) is 5.51. The quantitative estimate of drug-likeness (QED) is 0.851. The molecule has 2 aromatic heterocycles. The van der Waals surface area contributed by atoms with Crippen molar-refractivity contribution < 1.29 is 4.79 Å². The Hall–Kier alpha value is -2.63. The largest absolute Gasteiger partial charge is 0.397 e. The minimum Gasteiger partial charge on any atom is -0.397 e. The van der Waals surface area contributed by atoms with E-state index in [4.69, 9.17) is 11.5 Å². The van der Waals surface area contributed by atoms with Gasteiger partial charge < -0.3 is 16.4 Å². The molecule has 4 N–H and O–H groups in total. The maximum absolute atomic E-state index is 11.3. The third-order valence-corrected chi connectivity index (χ3v) is 3.01. The Morgan fingerprint density at radius 3 is 2.65 bits per heavy atom. The van der Waals surface area contributed by atoms with Crippen LogP contribution in [0, 0.1) is 0 Å². The predicted molar refractivity (Wildman–Crippen MR) is 78.1 cm³/mol. The van der Waals surface area contributed by atoms with Crippen molar-refractivity contribution in [1.82, 2.24) is 9.97 Å². The van der Waals surface area contributed by atoms with Crippen LogP contribution in [-0.2, 0) is 6.54 Å². The summed E-state index contributed by atoms with van der Waals surface area (Å²) < 4.78 is 0. The minimum absolute atomic E-state index is 0.293. The van der Waals surface area contributed by atoms with Crippen molar-refractivity contribution in [3.05, 3.63) is 47.9 Å². The summed E-state index contributed by atoms with van der Waals surface area (Å²) in [5.41, 5.74) is 12.7. The van der Waals surface area contributed by atoms with Crippen LogP contribution in [0.25, 0.3) is 0 Å². The van der Waals surface area contributed by atoms with Gasteiger partial charge in [0.2, 0.25) is 0 Å². The number of amides is 1. The zero-order valence-electron chi connectivity index (χ0n) is 11.3.